The van der Waals surface area contributed by atoms with E-state index in [0.29, 0.717) is 23.1 Å². The van der Waals surface area contributed by atoms with Crippen LogP contribution >= 0.6 is 11.6 Å². The van der Waals surface area contributed by atoms with Gasteiger partial charge in [0, 0.05) is 12.6 Å². The third kappa shape index (κ3) is 2.84. The number of fused-ring (bicyclic) bond motifs is 1. The molecule has 0 unspecified atom stereocenters. The van der Waals surface area contributed by atoms with Crippen molar-refractivity contribution in [2.24, 2.45) is 0 Å². The van der Waals surface area contributed by atoms with E-state index in [-0.39, 0.29) is 12.7 Å². The minimum Gasteiger partial charge on any atom is -0.454 e. The average Bonchev–Trinajstić information content (AvgIpc) is 2.82. The second kappa shape index (κ2) is 5.60. The van der Waals surface area contributed by atoms with E-state index in [9.17, 15) is 4.79 Å². The summed E-state index contributed by atoms with van der Waals surface area (Å²) in [5.74, 6) is 0.947. The molecular weight excluding hydrogens is 254 g/mol. The Morgan fingerprint density at radius 1 is 1.50 bits per heavy atom. The predicted molar refractivity (Wildman–Crippen MR) is 69.8 cm³/mol. The monoisotopic (exact) mass is 265 g/mol. The van der Waals surface area contributed by atoms with Crippen molar-refractivity contribution in [1.29, 1.82) is 0 Å². The van der Waals surface area contributed by atoms with Gasteiger partial charge in [0.2, 0.25) is 12.7 Å². The summed E-state index contributed by atoms with van der Waals surface area (Å²) >= 11 is 6.02. The van der Waals surface area contributed by atoms with E-state index in [2.05, 4.69) is 11.9 Å². The van der Waals surface area contributed by atoms with E-state index in [1.807, 2.05) is 0 Å². The predicted octanol–water partition coefficient (Wildman–Crippen LogP) is 2.38. The lowest BCUT2D eigenvalue weighted by Gasteiger charge is -2.01. The number of carbonyl (C=O) groups is 1. The van der Waals surface area contributed by atoms with Gasteiger partial charge in [-0.2, -0.15) is 0 Å². The van der Waals surface area contributed by atoms with Crippen LogP contribution in [0.5, 0.6) is 11.5 Å². The smallest absolute Gasteiger partial charge is 0.244 e. The Labute approximate surface area is 110 Å². The molecule has 0 saturated heterocycles. The van der Waals surface area contributed by atoms with Crippen LogP contribution in [0.25, 0.3) is 6.08 Å². The lowest BCUT2D eigenvalue weighted by atomic mass is 10.2. The van der Waals surface area contributed by atoms with Crippen molar-refractivity contribution in [3.05, 3.63) is 41.4 Å². The molecule has 1 aliphatic rings. The van der Waals surface area contributed by atoms with Crippen LogP contribution in [0.15, 0.2) is 30.9 Å². The molecule has 94 valence electrons. The number of ether oxygens (including phenoxy) is 2. The zero-order valence-corrected chi connectivity index (χ0v) is 10.4. The van der Waals surface area contributed by atoms with Gasteiger partial charge in [-0.1, -0.05) is 17.7 Å². The Morgan fingerprint density at radius 2 is 2.33 bits per heavy atom. The Kier molecular flexibility index (Phi) is 3.89. The quantitative estimate of drug-likeness (QED) is 0.672. The summed E-state index contributed by atoms with van der Waals surface area (Å²) < 4.78 is 10.4. The fourth-order valence-corrected chi connectivity index (χ4v) is 1.76. The molecule has 0 aliphatic carbocycles. The first-order valence-corrected chi connectivity index (χ1v) is 5.74. The lowest BCUT2D eigenvalue weighted by Crippen LogP contribution is -2.20. The normalized spacial score (nSPS) is 12.7. The van der Waals surface area contributed by atoms with Gasteiger partial charge in [0.25, 0.3) is 0 Å². The number of nitrogens with one attached hydrogen (secondary N) is 1. The zero-order valence-electron chi connectivity index (χ0n) is 9.61. The molecule has 1 aromatic carbocycles. The molecule has 1 aromatic rings. The third-order valence-electron chi connectivity index (χ3n) is 2.30. The Balaban J connectivity index is 2.10. The number of amides is 1. The van der Waals surface area contributed by atoms with Gasteiger partial charge in [0.15, 0.2) is 11.5 Å². The summed E-state index contributed by atoms with van der Waals surface area (Å²) in [5.41, 5.74) is 0.776. The van der Waals surface area contributed by atoms with Crippen molar-refractivity contribution in [3.63, 3.8) is 0 Å². The van der Waals surface area contributed by atoms with Gasteiger partial charge in [-0.05, 0) is 23.8 Å². The van der Waals surface area contributed by atoms with Crippen LogP contribution in [0.3, 0.4) is 0 Å². The summed E-state index contributed by atoms with van der Waals surface area (Å²) in [5, 5.41) is 3.11. The fraction of sp³-hybridized carbons (Fsp3) is 0.154. The first-order chi connectivity index (χ1) is 8.70. The summed E-state index contributed by atoms with van der Waals surface area (Å²) in [4.78, 5) is 11.4. The van der Waals surface area contributed by atoms with Crippen LogP contribution in [0, 0.1) is 0 Å². The number of hydrogen-bond acceptors (Lipinski definition) is 3. The first-order valence-electron chi connectivity index (χ1n) is 5.36. The van der Waals surface area contributed by atoms with Crippen LogP contribution in [0.2, 0.25) is 5.02 Å². The number of carbonyl (C=O) groups excluding carboxylic acids is 1. The van der Waals surface area contributed by atoms with Crippen molar-refractivity contribution in [2.75, 3.05) is 13.3 Å². The maximum Gasteiger partial charge on any atom is 0.244 e. The highest BCUT2D eigenvalue weighted by Gasteiger charge is 2.17. The zero-order chi connectivity index (χ0) is 13.0. The molecule has 0 atom stereocenters. The number of halogens is 1. The molecule has 1 aliphatic heterocycles. The van der Waals surface area contributed by atoms with E-state index in [0.717, 1.165) is 5.56 Å². The van der Waals surface area contributed by atoms with Crippen molar-refractivity contribution in [2.45, 2.75) is 0 Å². The van der Waals surface area contributed by atoms with E-state index < -0.39 is 0 Å². The molecule has 2 rings (SSSR count). The van der Waals surface area contributed by atoms with Crippen molar-refractivity contribution in [1.82, 2.24) is 5.32 Å². The first kappa shape index (κ1) is 12.5. The van der Waals surface area contributed by atoms with Crippen LogP contribution in [0.1, 0.15) is 5.56 Å². The fourth-order valence-electron chi connectivity index (χ4n) is 1.49. The van der Waals surface area contributed by atoms with Gasteiger partial charge >= 0.3 is 0 Å². The molecule has 0 radical (unpaired) electrons. The van der Waals surface area contributed by atoms with Gasteiger partial charge in [0.1, 0.15) is 0 Å². The molecule has 0 aromatic heterocycles. The Hall–Kier alpha value is -1.94. The highest BCUT2D eigenvalue weighted by molar-refractivity contribution is 6.32. The molecule has 5 heteroatoms. The summed E-state index contributed by atoms with van der Waals surface area (Å²) in [6.07, 6.45) is 4.70. The number of rotatable bonds is 4. The molecule has 0 saturated carbocycles. The molecule has 1 N–H and O–H groups in total. The van der Waals surface area contributed by atoms with Crippen molar-refractivity contribution in [3.8, 4) is 11.5 Å². The van der Waals surface area contributed by atoms with Crippen LogP contribution in [0.4, 0.5) is 0 Å². The lowest BCUT2D eigenvalue weighted by molar-refractivity contribution is -0.116. The molecule has 0 bridgehead atoms. The largest absolute Gasteiger partial charge is 0.454 e. The Morgan fingerprint density at radius 3 is 3.11 bits per heavy atom. The minimum atomic E-state index is -0.191. The summed E-state index contributed by atoms with van der Waals surface area (Å²) in [7, 11) is 0. The maximum atomic E-state index is 11.4. The van der Waals surface area contributed by atoms with E-state index in [1.165, 1.54) is 6.08 Å². The molecule has 0 fully saturated rings. The molecule has 1 amide bonds. The Bertz CT molecular complexity index is 511. The molecule has 18 heavy (non-hydrogen) atoms. The summed E-state index contributed by atoms with van der Waals surface area (Å²) in [6.45, 7) is 4.12. The van der Waals surface area contributed by atoms with Gasteiger partial charge in [-0.15, -0.1) is 6.58 Å². The number of hydrogen-bond donors (Lipinski definition) is 1. The van der Waals surface area contributed by atoms with Crippen LogP contribution in [-0.2, 0) is 4.79 Å². The minimum absolute atomic E-state index is 0.169. The number of benzene rings is 1. The van der Waals surface area contributed by atoms with Crippen molar-refractivity contribution < 1.29 is 14.3 Å². The maximum absolute atomic E-state index is 11.4. The standard InChI is InChI=1S/C13H12ClNO3/c1-2-5-15-12(16)4-3-9-6-10(14)13-11(7-9)17-8-18-13/h2-4,6-7H,1,5,8H2,(H,15,16)/b4-3-. The van der Waals surface area contributed by atoms with E-state index >= 15 is 0 Å². The van der Waals surface area contributed by atoms with E-state index in [4.69, 9.17) is 21.1 Å². The molecule has 0 spiro atoms. The summed E-state index contributed by atoms with van der Waals surface area (Å²) in [6, 6.07) is 3.48. The van der Waals surface area contributed by atoms with Crippen LogP contribution < -0.4 is 14.8 Å². The second-order valence-electron chi connectivity index (χ2n) is 3.60. The highest BCUT2D eigenvalue weighted by Crippen LogP contribution is 2.39. The van der Waals surface area contributed by atoms with Gasteiger partial charge in [-0.25, -0.2) is 0 Å². The molecule has 1 heterocycles. The van der Waals surface area contributed by atoms with Gasteiger partial charge < -0.3 is 14.8 Å². The van der Waals surface area contributed by atoms with Gasteiger partial charge in [0.05, 0.1) is 5.02 Å². The third-order valence-corrected chi connectivity index (χ3v) is 2.58. The molecule has 4 nitrogen and oxygen atoms in total. The van der Waals surface area contributed by atoms with Gasteiger partial charge in [-0.3, -0.25) is 4.79 Å². The van der Waals surface area contributed by atoms with Crippen molar-refractivity contribution >= 4 is 23.6 Å². The second-order valence-corrected chi connectivity index (χ2v) is 4.01. The average molecular weight is 266 g/mol. The molecular formula is C13H12ClNO3. The van der Waals surface area contributed by atoms with E-state index in [1.54, 1.807) is 24.3 Å². The highest BCUT2D eigenvalue weighted by atomic mass is 35.5. The SMILES string of the molecule is C=CCNC(=O)/C=C\c1cc(Cl)c2c(c1)OCO2. The topological polar surface area (TPSA) is 47.6 Å². The van der Waals surface area contributed by atoms with Crippen LogP contribution in [-0.4, -0.2) is 19.2 Å².